The van der Waals surface area contributed by atoms with Crippen LogP contribution in [0.2, 0.25) is 0 Å². The standard InChI is InChI=1S/C27H23N7O8S3.2Na/c1-15-21(14-28)27(43-33-15)32-31-18-12-22(29-25(35)16-6-4-8-19(10-16)44(37,38)39)24(34(2)3)23(13-18)30-26(36)17-7-5-9-20(11-17)45(40,41)42;;/h4-13H,1-3H3,(H,29,35)(H,30,36)(H,37,38,39)(H,40,41,42);;/q;2*+1/p-2. The molecule has 0 radical (unpaired) electrons. The first-order chi connectivity index (χ1) is 21.1. The number of amides is 2. The monoisotopic (exact) mass is 713 g/mol. The topological polar surface area (TPSA) is 237 Å². The van der Waals surface area contributed by atoms with Crippen LogP contribution < -0.4 is 74.6 Å². The summed E-state index contributed by atoms with van der Waals surface area (Å²) < 4.78 is 73.1. The van der Waals surface area contributed by atoms with Gasteiger partial charge in [-0.25, -0.2) is 16.8 Å². The van der Waals surface area contributed by atoms with Gasteiger partial charge in [0.05, 0.1) is 38.2 Å². The molecular weight excluding hydrogens is 693 g/mol. The van der Waals surface area contributed by atoms with E-state index >= 15 is 0 Å². The van der Waals surface area contributed by atoms with Gasteiger partial charge in [-0.3, -0.25) is 9.59 Å². The second-order valence-electron chi connectivity index (χ2n) is 9.42. The number of aryl methyl sites for hydroxylation is 1. The van der Waals surface area contributed by atoms with Gasteiger partial charge in [-0.05, 0) is 67.0 Å². The summed E-state index contributed by atoms with van der Waals surface area (Å²) in [5.74, 6) is -1.62. The van der Waals surface area contributed by atoms with E-state index in [2.05, 4.69) is 25.2 Å². The third-order valence-corrected chi connectivity index (χ3v) is 8.51. The number of benzene rings is 3. The van der Waals surface area contributed by atoms with Crippen molar-refractivity contribution in [3.8, 4) is 6.07 Å². The fraction of sp³-hybridized carbons (Fsp3) is 0.111. The Bertz CT molecular complexity index is 2020. The number of rotatable bonds is 9. The second-order valence-corrected chi connectivity index (χ2v) is 12.9. The fourth-order valence-corrected chi connectivity index (χ4v) is 5.69. The summed E-state index contributed by atoms with van der Waals surface area (Å²) in [6, 6.07) is 13.7. The summed E-state index contributed by atoms with van der Waals surface area (Å²) in [5.41, 5.74) is 0.748. The maximum absolute atomic E-state index is 13.2. The zero-order valence-electron chi connectivity index (χ0n) is 25.5. The molecule has 1 heterocycles. The van der Waals surface area contributed by atoms with Crippen LogP contribution in [0.25, 0.3) is 0 Å². The van der Waals surface area contributed by atoms with Crippen LogP contribution >= 0.6 is 11.5 Å². The summed E-state index contributed by atoms with van der Waals surface area (Å²) in [6.07, 6.45) is 0. The van der Waals surface area contributed by atoms with E-state index < -0.39 is 41.8 Å². The Morgan fingerprint density at radius 2 is 1.32 bits per heavy atom. The second kappa shape index (κ2) is 16.4. The molecule has 0 unspecified atom stereocenters. The molecule has 47 heavy (non-hydrogen) atoms. The molecule has 2 N–H and O–H groups in total. The van der Waals surface area contributed by atoms with Crippen LogP contribution in [0.3, 0.4) is 0 Å². The number of nitrogens with zero attached hydrogens (tertiary/aromatic N) is 5. The Balaban J connectivity index is 0.00000384. The molecule has 232 valence electrons. The average Bonchev–Trinajstić information content (AvgIpc) is 3.33. The first-order valence-electron chi connectivity index (χ1n) is 12.5. The maximum Gasteiger partial charge on any atom is 1.00 e. The van der Waals surface area contributed by atoms with E-state index in [1.54, 1.807) is 21.0 Å². The van der Waals surface area contributed by atoms with Crippen LogP contribution in [0.1, 0.15) is 32.0 Å². The summed E-state index contributed by atoms with van der Waals surface area (Å²) in [6.45, 7) is 1.63. The molecule has 0 saturated heterocycles. The van der Waals surface area contributed by atoms with Gasteiger partial charge in [-0.15, -0.1) is 10.2 Å². The van der Waals surface area contributed by atoms with Gasteiger partial charge in [0, 0.05) is 25.2 Å². The van der Waals surface area contributed by atoms with Crippen LogP contribution in [0.4, 0.5) is 27.8 Å². The Kier molecular flexibility index (Phi) is 14.0. The molecule has 20 heteroatoms. The van der Waals surface area contributed by atoms with E-state index in [1.807, 2.05) is 6.07 Å². The van der Waals surface area contributed by atoms with Crippen LogP contribution in [0.5, 0.6) is 0 Å². The number of aromatic nitrogens is 1. The number of azo groups is 1. The maximum atomic E-state index is 13.2. The Morgan fingerprint density at radius 1 is 0.851 bits per heavy atom. The normalized spacial score (nSPS) is 11.1. The molecule has 2 amide bonds. The van der Waals surface area contributed by atoms with E-state index in [0.717, 1.165) is 35.8 Å². The van der Waals surface area contributed by atoms with E-state index in [9.17, 15) is 40.8 Å². The summed E-state index contributed by atoms with van der Waals surface area (Å²) in [7, 11) is -6.52. The minimum Gasteiger partial charge on any atom is -0.744 e. The third-order valence-electron chi connectivity index (χ3n) is 6.02. The average molecular weight is 714 g/mol. The van der Waals surface area contributed by atoms with E-state index in [1.165, 1.54) is 41.3 Å². The van der Waals surface area contributed by atoms with Crippen molar-refractivity contribution in [2.45, 2.75) is 16.7 Å². The molecule has 1 aromatic heterocycles. The smallest absolute Gasteiger partial charge is 0.744 e. The number of nitrogens with one attached hydrogen (secondary N) is 2. The Morgan fingerprint density at radius 3 is 1.72 bits per heavy atom. The molecule has 0 spiro atoms. The molecule has 0 aliphatic carbocycles. The molecule has 3 aromatic carbocycles. The van der Waals surface area contributed by atoms with Crippen LogP contribution in [0.15, 0.2) is 80.7 Å². The predicted molar refractivity (Wildman–Crippen MR) is 161 cm³/mol. The third kappa shape index (κ3) is 9.98. The van der Waals surface area contributed by atoms with Gasteiger partial charge in [0.2, 0.25) is 0 Å². The molecular formula is C27H21N7Na2O8S3. The number of anilines is 3. The zero-order chi connectivity index (χ0) is 33.1. The van der Waals surface area contributed by atoms with Gasteiger partial charge in [0.25, 0.3) is 11.8 Å². The molecule has 0 saturated carbocycles. The minimum absolute atomic E-state index is 0. The number of carbonyl (C=O) groups is 2. The SMILES string of the molecule is Cc1nsc(N=Nc2cc(NC(=O)c3cccc(S(=O)(=O)[O-])c3)c(N(C)C)c(NC(=O)c3cccc(S(=O)(=O)[O-])c3)c2)c1C#N.[Na+].[Na+]. The molecule has 0 aliphatic rings. The van der Waals surface area contributed by atoms with Crippen molar-refractivity contribution in [2.75, 3.05) is 29.6 Å². The van der Waals surface area contributed by atoms with E-state index in [-0.39, 0.29) is 104 Å². The summed E-state index contributed by atoms with van der Waals surface area (Å²) >= 11 is 0.929. The van der Waals surface area contributed by atoms with Crippen LogP contribution in [-0.2, 0) is 20.2 Å². The van der Waals surface area contributed by atoms with Gasteiger partial charge in [0.15, 0.2) is 5.00 Å². The Hall–Kier alpha value is -3.06. The molecule has 0 bridgehead atoms. The quantitative estimate of drug-likeness (QED) is 0.111. The Labute approximate surface area is 318 Å². The number of carbonyl (C=O) groups excluding carboxylic acids is 2. The summed E-state index contributed by atoms with van der Waals surface area (Å²) in [5, 5.41) is 23.1. The number of nitriles is 1. The van der Waals surface area contributed by atoms with Crippen molar-refractivity contribution >= 4 is 71.3 Å². The largest absolute Gasteiger partial charge is 1.00 e. The molecule has 4 rings (SSSR count). The van der Waals surface area contributed by atoms with Crippen molar-refractivity contribution in [3.05, 3.63) is 83.0 Å². The van der Waals surface area contributed by atoms with Gasteiger partial charge < -0.3 is 24.6 Å². The predicted octanol–water partition coefficient (Wildman–Crippen LogP) is -1.87. The first-order valence-corrected chi connectivity index (χ1v) is 16.1. The van der Waals surface area contributed by atoms with Crippen molar-refractivity contribution in [3.63, 3.8) is 0 Å². The molecule has 0 fully saturated rings. The van der Waals surface area contributed by atoms with Gasteiger partial charge in [0.1, 0.15) is 31.9 Å². The van der Waals surface area contributed by atoms with Gasteiger partial charge in [-0.1, -0.05) is 12.1 Å². The minimum atomic E-state index is -4.85. The summed E-state index contributed by atoms with van der Waals surface area (Å²) in [4.78, 5) is 26.8. The molecule has 4 aromatic rings. The first kappa shape index (κ1) is 40.1. The molecule has 0 aliphatic heterocycles. The van der Waals surface area contributed by atoms with Crippen molar-refractivity contribution in [1.29, 1.82) is 5.26 Å². The van der Waals surface area contributed by atoms with E-state index in [4.69, 9.17) is 0 Å². The fourth-order valence-electron chi connectivity index (χ4n) is 3.98. The van der Waals surface area contributed by atoms with Crippen LogP contribution in [-0.4, -0.2) is 56.2 Å². The number of hydrogen-bond acceptors (Lipinski definition) is 14. The van der Waals surface area contributed by atoms with E-state index in [0.29, 0.717) is 5.69 Å². The van der Waals surface area contributed by atoms with Crippen LogP contribution in [0, 0.1) is 18.3 Å². The van der Waals surface area contributed by atoms with Gasteiger partial charge >= 0.3 is 59.1 Å². The van der Waals surface area contributed by atoms with Crippen molar-refractivity contribution in [2.24, 2.45) is 10.2 Å². The van der Waals surface area contributed by atoms with Crippen molar-refractivity contribution in [1.82, 2.24) is 4.37 Å². The zero-order valence-corrected chi connectivity index (χ0v) is 31.9. The number of hydrogen-bond donors (Lipinski definition) is 2. The molecule has 15 nitrogen and oxygen atoms in total. The molecule has 0 atom stereocenters. The van der Waals surface area contributed by atoms with Gasteiger partial charge in [-0.2, -0.15) is 9.64 Å². The van der Waals surface area contributed by atoms with Crippen molar-refractivity contribution < 1.29 is 94.6 Å².